The molecule has 0 atom stereocenters. The summed E-state index contributed by atoms with van der Waals surface area (Å²) in [6.45, 7) is 0. The number of nitrogens with one attached hydrogen (secondary N) is 1. The van der Waals surface area contributed by atoms with Gasteiger partial charge in [-0.1, -0.05) is 0 Å². The first-order valence-electron chi connectivity index (χ1n) is 6.65. The predicted octanol–water partition coefficient (Wildman–Crippen LogP) is 4.62. The first kappa shape index (κ1) is 14.9. The van der Waals surface area contributed by atoms with Gasteiger partial charge in [-0.2, -0.15) is 0 Å². The molecule has 3 aromatic rings. The quantitative estimate of drug-likeness (QED) is 0.766. The molecule has 3 nitrogen and oxygen atoms in total. The summed E-state index contributed by atoms with van der Waals surface area (Å²) in [5, 5.41) is 2.40. The van der Waals surface area contributed by atoms with Crippen molar-refractivity contribution in [2.24, 2.45) is 0 Å². The van der Waals surface area contributed by atoms with E-state index in [0.717, 1.165) is 12.1 Å². The molecule has 0 saturated heterocycles. The molecule has 2 aromatic carbocycles. The van der Waals surface area contributed by atoms with Gasteiger partial charge in [-0.05, 0) is 48.5 Å². The van der Waals surface area contributed by atoms with E-state index in [9.17, 15) is 18.0 Å². The van der Waals surface area contributed by atoms with Gasteiger partial charge in [0.2, 0.25) is 0 Å². The third kappa shape index (κ3) is 3.26. The molecule has 0 bridgehead atoms. The van der Waals surface area contributed by atoms with Crippen molar-refractivity contribution in [2.45, 2.75) is 0 Å². The fourth-order valence-corrected chi connectivity index (χ4v) is 2.00. The molecule has 0 aliphatic heterocycles. The molecule has 1 aromatic heterocycles. The van der Waals surface area contributed by atoms with E-state index < -0.39 is 17.5 Å². The lowest BCUT2D eigenvalue weighted by Gasteiger charge is -2.03. The van der Waals surface area contributed by atoms with Gasteiger partial charge in [-0.15, -0.1) is 0 Å². The average Bonchev–Trinajstić information content (AvgIpc) is 3.02. The normalized spacial score (nSPS) is 10.6. The van der Waals surface area contributed by atoms with Crippen LogP contribution >= 0.6 is 0 Å². The maximum atomic E-state index is 13.1. The Morgan fingerprint density at radius 2 is 1.61 bits per heavy atom. The standard InChI is InChI=1S/C17H10F3NO2/c18-11-3-1-10(2-4-11)15-7-8-16(23-15)17(22)21-12-5-6-13(19)14(20)9-12/h1-9H,(H,21,22). The minimum Gasteiger partial charge on any atom is -0.451 e. The molecule has 0 saturated carbocycles. The second-order valence-corrected chi connectivity index (χ2v) is 4.75. The second-order valence-electron chi connectivity index (χ2n) is 4.75. The summed E-state index contributed by atoms with van der Waals surface area (Å²) in [5.74, 6) is -2.66. The lowest BCUT2D eigenvalue weighted by molar-refractivity contribution is 0.0997. The number of hydrogen-bond donors (Lipinski definition) is 1. The maximum Gasteiger partial charge on any atom is 0.291 e. The van der Waals surface area contributed by atoms with Crippen LogP contribution in [-0.2, 0) is 0 Å². The van der Waals surface area contributed by atoms with Crippen LogP contribution < -0.4 is 5.32 Å². The first-order chi connectivity index (χ1) is 11.0. The molecule has 3 rings (SSSR count). The fourth-order valence-electron chi connectivity index (χ4n) is 2.00. The van der Waals surface area contributed by atoms with E-state index in [1.54, 1.807) is 6.07 Å². The van der Waals surface area contributed by atoms with Crippen LogP contribution in [0.15, 0.2) is 59.0 Å². The van der Waals surface area contributed by atoms with Crippen molar-refractivity contribution in [1.29, 1.82) is 0 Å². The number of amides is 1. The highest BCUT2D eigenvalue weighted by molar-refractivity contribution is 6.02. The van der Waals surface area contributed by atoms with E-state index >= 15 is 0 Å². The van der Waals surface area contributed by atoms with Gasteiger partial charge >= 0.3 is 0 Å². The van der Waals surface area contributed by atoms with Crippen LogP contribution in [0, 0.1) is 17.5 Å². The number of benzene rings is 2. The van der Waals surface area contributed by atoms with Gasteiger partial charge in [0, 0.05) is 17.3 Å². The number of carbonyl (C=O) groups excluding carboxylic acids is 1. The van der Waals surface area contributed by atoms with E-state index in [4.69, 9.17) is 4.42 Å². The van der Waals surface area contributed by atoms with Crippen molar-refractivity contribution in [1.82, 2.24) is 0 Å². The summed E-state index contributed by atoms with van der Waals surface area (Å²) in [7, 11) is 0. The lowest BCUT2D eigenvalue weighted by Crippen LogP contribution is -2.11. The van der Waals surface area contributed by atoms with Gasteiger partial charge in [-0.25, -0.2) is 13.2 Å². The van der Waals surface area contributed by atoms with Gasteiger partial charge < -0.3 is 9.73 Å². The van der Waals surface area contributed by atoms with Crippen molar-refractivity contribution in [3.05, 3.63) is 77.8 Å². The molecule has 0 unspecified atom stereocenters. The predicted molar refractivity (Wildman–Crippen MR) is 78.4 cm³/mol. The molecule has 1 heterocycles. The summed E-state index contributed by atoms with van der Waals surface area (Å²) in [5.41, 5.74) is 0.715. The van der Waals surface area contributed by atoms with E-state index in [0.29, 0.717) is 11.3 Å². The number of hydrogen-bond acceptors (Lipinski definition) is 2. The molecule has 0 fully saturated rings. The molecule has 23 heavy (non-hydrogen) atoms. The molecule has 1 amide bonds. The van der Waals surface area contributed by atoms with Crippen LogP contribution in [-0.4, -0.2) is 5.91 Å². The molecular weight excluding hydrogens is 307 g/mol. The summed E-state index contributed by atoms with van der Waals surface area (Å²) in [4.78, 5) is 12.0. The Bertz CT molecular complexity index is 857. The van der Waals surface area contributed by atoms with Crippen molar-refractivity contribution < 1.29 is 22.4 Å². The van der Waals surface area contributed by atoms with Gasteiger partial charge in [-0.3, -0.25) is 4.79 Å². The number of furan rings is 1. The monoisotopic (exact) mass is 317 g/mol. The third-order valence-electron chi connectivity index (χ3n) is 3.14. The highest BCUT2D eigenvalue weighted by atomic mass is 19.2. The Hall–Kier alpha value is -3.02. The second kappa shape index (κ2) is 6.00. The number of rotatable bonds is 3. The lowest BCUT2D eigenvalue weighted by atomic mass is 10.2. The van der Waals surface area contributed by atoms with Crippen LogP contribution in [0.25, 0.3) is 11.3 Å². The minimum absolute atomic E-state index is 0.00550. The van der Waals surface area contributed by atoms with Crippen molar-refractivity contribution >= 4 is 11.6 Å². The smallest absolute Gasteiger partial charge is 0.291 e. The molecule has 0 radical (unpaired) electrons. The Kier molecular flexibility index (Phi) is 3.89. The van der Waals surface area contributed by atoms with Crippen LogP contribution in [0.5, 0.6) is 0 Å². The summed E-state index contributed by atoms with van der Waals surface area (Å²) in [6.07, 6.45) is 0. The molecular formula is C17H10F3NO2. The van der Waals surface area contributed by atoms with Crippen LogP contribution in [0.1, 0.15) is 10.6 Å². The topological polar surface area (TPSA) is 42.2 Å². The van der Waals surface area contributed by atoms with Crippen molar-refractivity contribution in [3.63, 3.8) is 0 Å². The maximum absolute atomic E-state index is 13.1. The van der Waals surface area contributed by atoms with Crippen LogP contribution in [0.2, 0.25) is 0 Å². The highest BCUT2D eigenvalue weighted by Crippen LogP contribution is 2.23. The summed E-state index contributed by atoms with van der Waals surface area (Å²) < 4.78 is 44.2. The Labute approximate surface area is 129 Å². The summed E-state index contributed by atoms with van der Waals surface area (Å²) >= 11 is 0. The highest BCUT2D eigenvalue weighted by Gasteiger charge is 2.13. The van der Waals surface area contributed by atoms with Crippen molar-refractivity contribution in [2.75, 3.05) is 5.32 Å². The zero-order chi connectivity index (χ0) is 16.4. The minimum atomic E-state index is -1.06. The van der Waals surface area contributed by atoms with E-state index in [-0.39, 0.29) is 17.3 Å². The number of carbonyl (C=O) groups is 1. The number of halogens is 3. The van der Waals surface area contributed by atoms with Crippen LogP contribution in [0.4, 0.5) is 18.9 Å². The van der Waals surface area contributed by atoms with Gasteiger partial charge in [0.25, 0.3) is 5.91 Å². The van der Waals surface area contributed by atoms with Crippen LogP contribution in [0.3, 0.4) is 0 Å². The molecule has 0 spiro atoms. The molecule has 0 aliphatic rings. The third-order valence-corrected chi connectivity index (χ3v) is 3.14. The molecule has 116 valence electrons. The fraction of sp³-hybridized carbons (Fsp3) is 0. The van der Waals surface area contributed by atoms with Gasteiger partial charge in [0.15, 0.2) is 17.4 Å². The zero-order valence-electron chi connectivity index (χ0n) is 11.6. The largest absolute Gasteiger partial charge is 0.451 e. The average molecular weight is 317 g/mol. The first-order valence-corrected chi connectivity index (χ1v) is 6.65. The summed E-state index contributed by atoms with van der Waals surface area (Å²) in [6, 6.07) is 11.6. The Morgan fingerprint density at radius 3 is 2.30 bits per heavy atom. The Morgan fingerprint density at radius 1 is 0.870 bits per heavy atom. The number of anilines is 1. The van der Waals surface area contributed by atoms with Gasteiger partial charge in [0.05, 0.1) is 0 Å². The SMILES string of the molecule is O=C(Nc1ccc(F)c(F)c1)c1ccc(-c2ccc(F)cc2)o1. The Balaban J connectivity index is 1.78. The molecule has 0 aliphatic carbocycles. The van der Waals surface area contributed by atoms with E-state index in [1.807, 2.05) is 0 Å². The van der Waals surface area contributed by atoms with E-state index in [2.05, 4.69) is 5.32 Å². The van der Waals surface area contributed by atoms with Crippen molar-refractivity contribution in [3.8, 4) is 11.3 Å². The van der Waals surface area contributed by atoms with Gasteiger partial charge in [0.1, 0.15) is 11.6 Å². The molecule has 1 N–H and O–H groups in total. The molecule has 6 heteroatoms. The van der Waals surface area contributed by atoms with E-state index in [1.165, 1.54) is 36.4 Å². The zero-order valence-corrected chi connectivity index (χ0v) is 11.6.